The summed E-state index contributed by atoms with van der Waals surface area (Å²) < 4.78 is 12.9. The minimum absolute atomic E-state index is 0.127. The van der Waals surface area contributed by atoms with Crippen LogP contribution in [-0.4, -0.2) is 65.9 Å². The lowest BCUT2D eigenvalue weighted by molar-refractivity contribution is -0.136. The summed E-state index contributed by atoms with van der Waals surface area (Å²) in [5.74, 6) is -0.846. The van der Waals surface area contributed by atoms with Gasteiger partial charge in [0, 0.05) is 50.7 Å². The molecule has 0 spiro atoms. The summed E-state index contributed by atoms with van der Waals surface area (Å²) in [7, 11) is 0. The number of hydrogen-bond acceptors (Lipinski definition) is 5. The molecule has 0 aliphatic carbocycles. The number of amides is 3. The Morgan fingerprint density at radius 3 is 2.85 bits per heavy atom. The molecule has 144 valence electrons. The van der Waals surface area contributed by atoms with Crippen molar-refractivity contribution in [2.24, 2.45) is 0 Å². The Hall–Kier alpha value is -2.32. The molecule has 0 bridgehead atoms. The van der Waals surface area contributed by atoms with Crippen LogP contribution < -0.4 is 10.6 Å². The molecule has 3 aliphatic heterocycles. The quantitative estimate of drug-likeness (QED) is 0.736. The standard InChI is InChI=1S/C19H23FN4O3/c20-8-14-11-23(6-5-21-14)9-12-1-2-15-13(7-12)10-24(19(15)27)16-3-4-17(25)22-18(16)26/h1-2,7,14,16,21H,3-6,8-11H2,(H,22,25,26). The molecule has 0 saturated carbocycles. The van der Waals surface area contributed by atoms with Gasteiger partial charge in [-0.05, 0) is 23.6 Å². The highest BCUT2D eigenvalue weighted by molar-refractivity contribution is 6.05. The number of piperazine rings is 1. The van der Waals surface area contributed by atoms with Crippen molar-refractivity contribution < 1.29 is 18.8 Å². The number of nitrogens with zero attached hydrogens (tertiary/aromatic N) is 2. The highest BCUT2D eigenvalue weighted by Crippen LogP contribution is 2.28. The first-order valence-corrected chi connectivity index (χ1v) is 9.33. The Labute approximate surface area is 156 Å². The third-order valence-corrected chi connectivity index (χ3v) is 5.52. The van der Waals surface area contributed by atoms with Crippen molar-refractivity contribution in [1.82, 2.24) is 20.4 Å². The molecule has 8 heteroatoms. The lowest BCUT2D eigenvalue weighted by Crippen LogP contribution is -2.52. The number of piperidine rings is 1. The summed E-state index contributed by atoms with van der Waals surface area (Å²) in [5, 5.41) is 5.47. The van der Waals surface area contributed by atoms with Crippen LogP contribution in [0.3, 0.4) is 0 Å². The van der Waals surface area contributed by atoms with Gasteiger partial charge in [0.2, 0.25) is 11.8 Å². The van der Waals surface area contributed by atoms with Crippen molar-refractivity contribution in [3.05, 3.63) is 34.9 Å². The van der Waals surface area contributed by atoms with Crippen molar-refractivity contribution in [1.29, 1.82) is 0 Å². The summed E-state index contributed by atoms with van der Waals surface area (Å²) in [4.78, 5) is 39.9. The first-order valence-electron chi connectivity index (χ1n) is 9.33. The first-order chi connectivity index (χ1) is 13.0. The number of carbonyl (C=O) groups is 3. The van der Waals surface area contributed by atoms with E-state index in [0.29, 0.717) is 31.6 Å². The maximum Gasteiger partial charge on any atom is 0.255 e. The van der Waals surface area contributed by atoms with Gasteiger partial charge >= 0.3 is 0 Å². The van der Waals surface area contributed by atoms with E-state index in [4.69, 9.17) is 0 Å². The summed E-state index contributed by atoms with van der Waals surface area (Å²) >= 11 is 0. The topological polar surface area (TPSA) is 81.8 Å². The van der Waals surface area contributed by atoms with Crippen LogP contribution >= 0.6 is 0 Å². The molecule has 2 unspecified atom stereocenters. The molecular weight excluding hydrogens is 351 g/mol. The minimum Gasteiger partial charge on any atom is -0.322 e. The normalized spacial score (nSPS) is 26.3. The Kier molecular flexibility index (Phi) is 4.92. The van der Waals surface area contributed by atoms with E-state index in [1.54, 1.807) is 4.90 Å². The number of alkyl halides is 1. The van der Waals surface area contributed by atoms with Crippen LogP contribution in [0.1, 0.15) is 34.3 Å². The summed E-state index contributed by atoms with van der Waals surface area (Å²) in [5.41, 5.74) is 2.59. The zero-order chi connectivity index (χ0) is 19.0. The van der Waals surface area contributed by atoms with Crippen molar-refractivity contribution in [3.8, 4) is 0 Å². The Morgan fingerprint density at radius 2 is 2.07 bits per heavy atom. The average Bonchev–Trinajstić information content (AvgIpc) is 2.98. The summed E-state index contributed by atoms with van der Waals surface area (Å²) in [6, 6.07) is 5.03. The summed E-state index contributed by atoms with van der Waals surface area (Å²) in [6.07, 6.45) is 0.614. The zero-order valence-corrected chi connectivity index (χ0v) is 15.0. The number of fused-ring (bicyclic) bond motifs is 1. The predicted octanol–water partition coefficient (Wildman–Crippen LogP) is 0.191. The number of rotatable bonds is 4. The van der Waals surface area contributed by atoms with Crippen molar-refractivity contribution in [2.45, 2.75) is 38.0 Å². The van der Waals surface area contributed by atoms with Gasteiger partial charge in [0.05, 0.1) is 0 Å². The van der Waals surface area contributed by atoms with Crippen LogP contribution in [0.2, 0.25) is 0 Å². The second-order valence-corrected chi connectivity index (χ2v) is 7.43. The molecule has 27 heavy (non-hydrogen) atoms. The highest BCUT2D eigenvalue weighted by Gasteiger charge is 2.39. The minimum atomic E-state index is -0.593. The molecule has 2 saturated heterocycles. The van der Waals surface area contributed by atoms with Gasteiger partial charge in [0.1, 0.15) is 12.7 Å². The van der Waals surface area contributed by atoms with Crippen LogP contribution in [0.4, 0.5) is 4.39 Å². The van der Waals surface area contributed by atoms with E-state index in [2.05, 4.69) is 15.5 Å². The molecular formula is C19H23FN4O3. The maximum atomic E-state index is 12.9. The monoisotopic (exact) mass is 374 g/mol. The molecule has 3 heterocycles. The van der Waals surface area contributed by atoms with Gasteiger partial charge in [0.15, 0.2) is 0 Å². The number of halogens is 1. The molecule has 2 N–H and O–H groups in total. The van der Waals surface area contributed by atoms with E-state index < -0.39 is 11.9 Å². The van der Waals surface area contributed by atoms with Crippen molar-refractivity contribution in [3.63, 3.8) is 0 Å². The smallest absolute Gasteiger partial charge is 0.255 e. The van der Waals surface area contributed by atoms with Crippen LogP contribution in [0.25, 0.3) is 0 Å². The van der Waals surface area contributed by atoms with E-state index in [0.717, 1.165) is 24.2 Å². The third-order valence-electron chi connectivity index (χ3n) is 5.52. The molecule has 0 aromatic heterocycles. The molecule has 1 aromatic rings. The van der Waals surface area contributed by atoms with Gasteiger partial charge in [-0.1, -0.05) is 12.1 Å². The van der Waals surface area contributed by atoms with Crippen LogP contribution in [-0.2, 0) is 22.7 Å². The Balaban J connectivity index is 1.46. The van der Waals surface area contributed by atoms with E-state index >= 15 is 0 Å². The van der Waals surface area contributed by atoms with Crippen LogP contribution in [0.15, 0.2) is 18.2 Å². The second-order valence-electron chi connectivity index (χ2n) is 7.43. The van der Waals surface area contributed by atoms with Gasteiger partial charge in [-0.15, -0.1) is 0 Å². The van der Waals surface area contributed by atoms with Crippen LogP contribution in [0.5, 0.6) is 0 Å². The second kappa shape index (κ2) is 7.36. The molecule has 7 nitrogen and oxygen atoms in total. The predicted molar refractivity (Wildman–Crippen MR) is 95.5 cm³/mol. The van der Waals surface area contributed by atoms with Gasteiger partial charge in [-0.2, -0.15) is 0 Å². The van der Waals surface area contributed by atoms with Gasteiger partial charge in [-0.25, -0.2) is 4.39 Å². The fourth-order valence-corrected chi connectivity index (χ4v) is 4.13. The van der Waals surface area contributed by atoms with E-state index in [1.807, 2.05) is 18.2 Å². The van der Waals surface area contributed by atoms with E-state index in [-0.39, 0.29) is 31.0 Å². The highest BCUT2D eigenvalue weighted by atomic mass is 19.1. The Bertz CT molecular complexity index is 784. The SMILES string of the molecule is O=C1CCC(N2Cc3cc(CN4CCNC(CF)C4)ccc3C2=O)C(=O)N1. The number of benzene rings is 1. The van der Waals surface area contributed by atoms with Gasteiger partial charge < -0.3 is 10.2 Å². The molecule has 3 aliphatic rings. The largest absolute Gasteiger partial charge is 0.322 e. The fraction of sp³-hybridized carbons (Fsp3) is 0.526. The summed E-state index contributed by atoms with van der Waals surface area (Å²) in [6.45, 7) is 2.99. The van der Waals surface area contributed by atoms with Crippen molar-refractivity contribution >= 4 is 17.7 Å². The fourth-order valence-electron chi connectivity index (χ4n) is 4.13. The van der Waals surface area contributed by atoms with Gasteiger partial charge in [-0.3, -0.25) is 24.6 Å². The molecule has 0 radical (unpaired) electrons. The Morgan fingerprint density at radius 1 is 1.22 bits per heavy atom. The lowest BCUT2D eigenvalue weighted by Gasteiger charge is -2.32. The third kappa shape index (κ3) is 3.59. The zero-order valence-electron chi connectivity index (χ0n) is 15.0. The molecule has 2 atom stereocenters. The molecule has 1 aromatic carbocycles. The van der Waals surface area contributed by atoms with Crippen LogP contribution in [0, 0.1) is 0 Å². The lowest BCUT2D eigenvalue weighted by atomic mass is 10.0. The van der Waals surface area contributed by atoms with E-state index in [9.17, 15) is 18.8 Å². The van der Waals surface area contributed by atoms with Crippen molar-refractivity contribution in [2.75, 3.05) is 26.3 Å². The molecule has 4 rings (SSSR count). The van der Waals surface area contributed by atoms with Gasteiger partial charge in [0.25, 0.3) is 5.91 Å². The number of carbonyl (C=O) groups excluding carboxylic acids is 3. The van der Waals surface area contributed by atoms with E-state index in [1.165, 1.54) is 0 Å². The molecule has 3 amide bonds. The average molecular weight is 374 g/mol. The number of nitrogens with one attached hydrogen (secondary N) is 2. The molecule has 2 fully saturated rings. The maximum absolute atomic E-state index is 12.9. The number of imide groups is 1. The number of hydrogen-bond donors (Lipinski definition) is 2. The first kappa shape index (κ1) is 18.1.